The molecule has 3 rings (SSSR count). The van der Waals surface area contributed by atoms with Gasteiger partial charge in [-0.3, -0.25) is 4.79 Å². The van der Waals surface area contributed by atoms with E-state index < -0.39 is 21.3 Å². The normalized spacial score (nSPS) is 19.3. The maximum Gasteiger partial charge on any atom is 0.221 e. The Balaban J connectivity index is 1.58. The first kappa shape index (κ1) is 18.4. The zero-order valence-electron chi connectivity index (χ0n) is 14.2. The minimum absolute atomic E-state index is 0.0115. The van der Waals surface area contributed by atoms with Crippen LogP contribution in [0.15, 0.2) is 59.5 Å². The van der Waals surface area contributed by atoms with E-state index in [-0.39, 0.29) is 23.6 Å². The monoisotopic (exact) mass is 375 g/mol. The van der Waals surface area contributed by atoms with E-state index in [9.17, 15) is 18.3 Å². The number of para-hydroxylation sites is 1. The number of fused-ring (bicyclic) bond motifs is 1. The number of nitrogens with one attached hydrogen (secondary N) is 1. The fraction of sp³-hybridized carbons (Fsp3) is 0.316. The average Bonchev–Trinajstić information content (AvgIpc) is 2.66. The molecule has 1 aliphatic heterocycles. The fourth-order valence-electron chi connectivity index (χ4n) is 2.93. The van der Waals surface area contributed by atoms with Crippen molar-refractivity contribution in [3.63, 3.8) is 0 Å². The van der Waals surface area contributed by atoms with Gasteiger partial charge in [-0.15, -0.1) is 0 Å². The Morgan fingerprint density at radius 1 is 1.12 bits per heavy atom. The van der Waals surface area contributed by atoms with E-state index in [4.69, 9.17) is 4.74 Å². The van der Waals surface area contributed by atoms with Crippen molar-refractivity contribution in [2.24, 2.45) is 0 Å². The number of carbonyl (C=O) groups is 1. The third kappa shape index (κ3) is 4.05. The highest BCUT2D eigenvalue weighted by Gasteiger charge is 2.35. The van der Waals surface area contributed by atoms with Gasteiger partial charge in [0.1, 0.15) is 11.4 Å². The lowest BCUT2D eigenvalue weighted by Crippen LogP contribution is -2.44. The van der Waals surface area contributed by atoms with Gasteiger partial charge in [-0.2, -0.15) is 0 Å². The summed E-state index contributed by atoms with van der Waals surface area (Å²) in [5, 5.41) is 13.5. The third-order valence-corrected chi connectivity index (χ3v) is 6.17. The molecule has 0 aromatic heterocycles. The SMILES string of the molecule is O=C(CCS(=O)(=O)c1ccccc1)NC[C@]1(O)CCOc2ccccc21. The predicted molar refractivity (Wildman–Crippen MR) is 96.6 cm³/mol. The second kappa shape index (κ2) is 7.47. The van der Waals surface area contributed by atoms with Crippen LogP contribution in [0.3, 0.4) is 0 Å². The highest BCUT2D eigenvalue weighted by molar-refractivity contribution is 7.91. The Labute approximate surface area is 152 Å². The van der Waals surface area contributed by atoms with E-state index in [0.717, 1.165) is 0 Å². The highest BCUT2D eigenvalue weighted by atomic mass is 32.2. The van der Waals surface area contributed by atoms with Gasteiger partial charge in [-0.1, -0.05) is 36.4 Å². The molecule has 138 valence electrons. The molecule has 0 unspecified atom stereocenters. The smallest absolute Gasteiger partial charge is 0.221 e. The van der Waals surface area contributed by atoms with E-state index in [2.05, 4.69) is 5.32 Å². The van der Waals surface area contributed by atoms with Gasteiger partial charge in [0.15, 0.2) is 9.84 Å². The van der Waals surface area contributed by atoms with Gasteiger partial charge in [0.2, 0.25) is 5.91 Å². The number of benzene rings is 2. The Kier molecular flexibility index (Phi) is 5.29. The van der Waals surface area contributed by atoms with Gasteiger partial charge in [0.25, 0.3) is 0 Å². The lowest BCUT2D eigenvalue weighted by atomic mass is 9.88. The summed E-state index contributed by atoms with van der Waals surface area (Å²) in [7, 11) is -3.51. The molecule has 1 amide bonds. The molecule has 7 heteroatoms. The maximum absolute atomic E-state index is 12.2. The predicted octanol–water partition coefficient (Wildman–Crippen LogP) is 1.64. The van der Waals surface area contributed by atoms with Crippen molar-refractivity contribution in [3.8, 4) is 5.75 Å². The van der Waals surface area contributed by atoms with Crippen LogP contribution in [-0.4, -0.2) is 38.3 Å². The van der Waals surface area contributed by atoms with E-state index in [1.807, 2.05) is 6.07 Å². The minimum Gasteiger partial charge on any atom is -0.493 e. The largest absolute Gasteiger partial charge is 0.493 e. The van der Waals surface area contributed by atoms with Crippen molar-refractivity contribution in [3.05, 3.63) is 60.2 Å². The summed E-state index contributed by atoms with van der Waals surface area (Å²) in [5.41, 5.74) is -0.591. The van der Waals surface area contributed by atoms with Gasteiger partial charge in [-0.05, 0) is 18.2 Å². The Hall–Kier alpha value is -2.38. The summed E-state index contributed by atoms with van der Waals surface area (Å²) in [6, 6.07) is 15.2. The van der Waals surface area contributed by atoms with Crippen LogP contribution < -0.4 is 10.1 Å². The van der Waals surface area contributed by atoms with Crippen LogP contribution in [0, 0.1) is 0 Å². The molecule has 6 nitrogen and oxygen atoms in total. The van der Waals surface area contributed by atoms with Crippen molar-refractivity contribution in [2.45, 2.75) is 23.3 Å². The molecular formula is C19H21NO5S. The quantitative estimate of drug-likeness (QED) is 0.801. The lowest BCUT2D eigenvalue weighted by Gasteiger charge is -2.34. The van der Waals surface area contributed by atoms with Crippen LogP contribution in [-0.2, 0) is 20.2 Å². The molecule has 2 aromatic carbocycles. The van der Waals surface area contributed by atoms with Crippen LogP contribution in [0.4, 0.5) is 0 Å². The van der Waals surface area contributed by atoms with Gasteiger partial charge in [0, 0.05) is 18.4 Å². The average molecular weight is 375 g/mol. The Bertz CT molecular complexity index is 882. The van der Waals surface area contributed by atoms with Crippen LogP contribution >= 0.6 is 0 Å². The molecular weight excluding hydrogens is 354 g/mol. The van der Waals surface area contributed by atoms with E-state index >= 15 is 0 Å². The van der Waals surface area contributed by atoms with E-state index in [0.29, 0.717) is 24.3 Å². The van der Waals surface area contributed by atoms with Crippen LogP contribution in [0.5, 0.6) is 5.75 Å². The number of rotatable bonds is 6. The highest BCUT2D eigenvalue weighted by Crippen LogP contribution is 2.36. The number of amides is 1. The maximum atomic E-state index is 12.2. The molecule has 0 saturated carbocycles. The van der Waals surface area contributed by atoms with Gasteiger partial charge in [0.05, 0.1) is 23.8 Å². The number of carbonyl (C=O) groups excluding carboxylic acids is 1. The first-order chi connectivity index (χ1) is 12.4. The molecule has 0 spiro atoms. The zero-order valence-corrected chi connectivity index (χ0v) is 15.0. The summed E-state index contributed by atoms with van der Waals surface area (Å²) >= 11 is 0. The van der Waals surface area contributed by atoms with E-state index in [1.165, 1.54) is 12.1 Å². The molecule has 1 atom stereocenters. The molecule has 2 N–H and O–H groups in total. The lowest BCUT2D eigenvalue weighted by molar-refractivity contribution is -0.122. The molecule has 1 heterocycles. The van der Waals surface area contributed by atoms with Crippen LogP contribution in [0.2, 0.25) is 0 Å². The van der Waals surface area contributed by atoms with Crippen LogP contribution in [0.25, 0.3) is 0 Å². The standard InChI is InChI=1S/C19H21NO5S/c21-18(10-13-26(23,24)15-6-2-1-3-7-15)20-14-19(22)11-12-25-17-9-5-4-8-16(17)19/h1-9,22H,10-14H2,(H,20,21)/t19-/m1/s1. The number of hydrogen-bond donors (Lipinski definition) is 2. The molecule has 2 aromatic rings. The number of ether oxygens (including phenoxy) is 1. The summed E-state index contributed by atoms with van der Waals surface area (Å²) in [6.07, 6.45) is 0.193. The molecule has 1 aliphatic rings. The van der Waals surface area contributed by atoms with Crippen molar-refractivity contribution >= 4 is 15.7 Å². The van der Waals surface area contributed by atoms with Crippen molar-refractivity contribution in [1.82, 2.24) is 5.32 Å². The summed E-state index contributed by atoms with van der Waals surface area (Å²) in [6.45, 7) is 0.364. The number of sulfone groups is 1. The number of aliphatic hydroxyl groups is 1. The fourth-order valence-corrected chi connectivity index (χ4v) is 4.19. The topological polar surface area (TPSA) is 92.7 Å². The first-order valence-corrected chi connectivity index (χ1v) is 10.1. The molecule has 0 radical (unpaired) electrons. The van der Waals surface area contributed by atoms with Crippen molar-refractivity contribution in [1.29, 1.82) is 0 Å². The molecule has 0 fully saturated rings. The van der Waals surface area contributed by atoms with Crippen molar-refractivity contribution in [2.75, 3.05) is 18.9 Å². The second-order valence-electron chi connectivity index (χ2n) is 6.28. The summed E-state index contributed by atoms with van der Waals surface area (Å²) in [4.78, 5) is 12.3. The molecule has 26 heavy (non-hydrogen) atoms. The van der Waals surface area contributed by atoms with Crippen LogP contribution in [0.1, 0.15) is 18.4 Å². The molecule has 0 aliphatic carbocycles. The molecule has 0 saturated heterocycles. The Morgan fingerprint density at radius 3 is 2.58 bits per heavy atom. The third-order valence-electron chi connectivity index (χ3n) is 4.44. The first-order valence-electron chi connectivity index (χ1n) is 8.40. The summed E-state index contributed by atoms with van der Waals surface area (Å²) < 4.78 is 30.0. The molecule has 0 bridgehead atoms. The van der Waals surface area contributed by atoms with Crippen molar-refractivity contribution < 1.29 is 23.1 Å². The summed E-state index contributed by atoms with van der Waals surface area (Å²) in [5.74, 6) is -0.0925. The van der Waals surface area contributed by atoms with Gasteiger partial charge in [-0.25, -0.2) is 8.42 Å². The van der Waals surface area contributed by atoms with Gasteiger partial charge < -0.3 is 15.2 Å². The second-order valence-corrected chi connectivity index (χ2v) is 8.39. The zero-order chi connectivity index (χ0) is 18.6. The minimum atomic E-state index is -3.51. The van der Waals surface area contributed by atoms with E-state index in [1.54, 1.807) is 36.4 Å². The Morgan fingerprint density at radius 2 is 1.81 bits per heavy atom. The number of hydrogen-bond acceptors (Lipinski definition) is 5. The van der Waals surface area contributed by atoms with Gasteiger partial charge >= 0.3 is 0 Å².